The van der Waals surface area contributed by atoms with E-state index in [0.717, 1.165) is 22.3 Å². The number of carbonyl (C=O) groups is 2. The van der Waals surface area contributed by atoms with Gasteiger partial charge in [0.25, 0.3) is 0 Å². The number of nitrogens with zero attached hydrogens (tertiary/aromatic N) is 2. The lowest BCUT2D eigenvalue weighted by Crippen LogP contribution is -2.28. The summed E-state index contributed by atoms with van der Waals surface area (Å²) >= 11 is 0. The van der Waals surface area contributed by atoms with Crippen LogP contribution in [0, 0.1) is 12.7 Å². The minimum Gasteiger partial charge on any atom is -0.481 e. The van der Waals surface area contributed by atoms with Crippen molar-refractivity contribution >= 4 is 11.9 Å². The number of aliphatic carboxylic acids is 1. The maximum Gasteiger partial charge on any atom is 0.314 e. The molecule has 3 aromatic carbocycles. The van der Waals surface area contributed by atoms with Crippen molar-refractivity contribution in [3.63, 3.8) is 0 Å². The summed E-state index contributed by atoms with van der Waals surface area (Å²) < 4.78 is 19.6. The summed E-state index contributed by atoms with van der Waals surface area (Å²) in [6.07, 6.45) is 1.44. The van der Waals surface area contributed by atoms with Crippen LogP contribution in [0.3, 0.4) is 0 Å². The van der Waals surface area contributed by atoms with Crippen molar-refractivity contribution < 1.29 is 23.6 Å². The highest BCUT2D eigenvalue weighted by atomic mass is 19.1. The number of hydrogen-bond acceptors (Lipinski definition) is 4. The Morgan fingerprint density at radius 2 is 1.57 bits per heavy atom. The van der Waals surface area contributed by atoms with Crippen LogP contribution in [-0.2, 0) is 28.0 Å². The molecule has 1 aromatic heterocycles. The summed E-state index contributed by atoms with van der Waals surface area (Å²) in [5.41, 5.74) is 4.67. The second-order valence-corrected chi connectivity index (χ2v) is 9.64. The van der Waals surface area contributed by atoms with E-state index in [1.165, 1.54) is 11.0 Å². The molecule has 0 aliphatic heterocycles. The van der Waals surface area contributed by atoms with Gasteiger partial charge in [-0.15, -0.1) is 0 Å². The van der Waals surface area contributed by atoms with Crippen molar-refractivity contribution in [2.45, 2.75) is 38.1 Å². The molecular formula is C30H27FN2O4. The highest BCUT2D eigenvalue weighted by molar-refractivity contribution is 5.85. The van der Waals surface area contributed by atoms with Gasteiger partial charge in [0.15, 0.2) is 5.76 Å². The Kier molecular flexibility index (Phi) is 6.38. The summed E-state index contributed by atoms with van der Waals surface area (Å²) in [4.78, 5) is 26.0. The molecule has 1 fully saturated rings. The molecule has 37 heavy (non-hydrogen) atoms. The van der Waals surface area contributed by atoms with Gasteiger partial charge in [-0.05, 0) is 42.5 Å². The van der Waals surface area contributed by atoms with Crippen molar-refractivity contribution in [2.75, 3.05) is 7.05 Å². The minimum atomic E-state index is -0.764. The van der Waals surface area contributed by atoms with Gasteiger partial charge < -0.3 is 14.5 Å². The lowest BCUT2D eigenvalue weighted by atomic mass is 9.93. The van der Waals surface area contributed by atoms with Crippen LogP contribution >= 0.6 is 0 Å². The number of rotatable bonds is 8. The molecule has 4 aromatic rings. The maximum atomic E-state index is 14.0. The fourth-order valence-electron chi connectivity index (χ4n) is 4.63. The van der Waals surface area contributed by atoms with Gasteiger partial charge in [0, 0.05) is 30.3 Å². The number of halogens is 1. The molecule has 0 spiro atoms. The molecule has 1 aliphatic rings. The number of carboxylic acids is 1. The first-order chi connectivity index (χ1) is 17.8. The van der Waals surface area contributed by atoms with Crippen LogP contribution in [-0.4, -0.2) is 34.1 Å². The van der Waals surface area contributed by atoms with Crippen LogP contribution in [0.2, 0.25) is 0 Å². The third-order valence-corrected chi connectivity index (χ3v) is 7.18. The zero-order valence-electron chi connectivity index (χ0n) is 20.7. The van der Waals surface area contributed by atoms with E-state index < -0.39 is 11.4 Å². The summed E-state index contributed by atoms with van der Waals surface area (Å²) in [5, 5.41) is 13.6. The number of hydrogen-bond donors (Lipinski definition) is 1. The topological polar surface area (TPSA) is 83.6 Å². The normalized spacial score (nSPS) is 13.8. The fraction of sp³-hybridized carbons (Fsp3) is 0.233. The SMILES string of the molecule is Cc1noc(-c2ccc(-c3ccc(C4(C(=O)O)CC4)cc3)cc2)c1CC(=O)N(C)Cc1ccccc1F. The van der Waals surface area contributed by atoms with Crippen LogP contribution in [0.5, 0.6) is 0 Å². The van der Waals surface area contributed by atoms with E-state index in [9.17, 15) is 19.1 Å². The van der Waals surface area contributed by atoms with Crippen molar-refractivity contribution in [3.05, 3.63) is 101 Å². The Morgan fingerprint density at radius 1 is 0.973 bits per heavy atom. The quantitative estimate of drug-likeness (QED) is 0.333. The van der Waals surface area contributed by atoms with E-state index in [-0.39, 0.29) is 24.7 Å². The molecule has 0 radical (unpaired) electrons. The maximum absolute atomic E-state index is 14.0. The van der Waals surface area contributed by atoms with E-state index in [1.807, 2.05) is 48.5 Å². The fourth-order valence-corrected chi connectivity index (χ4v) is 4.63. The smallest absolute Gasteiger partial charge is 0.314 e. The Hall–Kier alpha value is -4.26. The molecule has 5 rings (SSSR count). The zero-order chi connectivity index (χ0) is 26.2. The lowest BCUT2D eigenvalue weighted by Gasteiger charge is -2.17. The van der Waals surface area contributed by atoms with Crippen molar-refractivity contribution in [1.29, 1.82) is 0 Å². The van der Waals surface area contributed by atoms with Crippen molar-refractivity contribution in [2.24, 2.45) is 0 Å². The monoisotopic (exact) mass is 498 g/mol. The van der Waals surface area contributed by atoms with E-state index in [1.54, 1.807) is 32.2 Å². The van der Waals surface area contributed by atoms with Crippen molar-refractivity contribution in [1.82, 2.24) is 10.1 Å². The second-order valence-electron chi connectivity index (χ2n) is 9.64. The van der Waals surface area contributed by atoms with E-state index in [0.29, 0.717) is 35.4 Å². The number of amides is 1. The van der Waals surface area contributed by atoms with Crippen LogP contribution < -0.4 is 0 Å². The first kappa shape index (κ1) is 24.4. The van der Waals surface area contributed by atoms with Crippen molar-refractivity contribution in [3.8, 4) is 22.5 Å². The van der Waals surface area contributed by atoms with Crippen LogP contribution in [0.1, 0.15) is 35.2 Å². The molecule has 188 valence electrons. The summed E-state index contributed by atoms with van der Waals surface area (Å²) in [6, 6.07) is 21.9. The average Bonchev–Trinajstić information content (AvgIpc) is 3.65. The number of carbonyl (C=O) groups excluding carboxylic acids is 1. The predicted molar refractivity (Wildman–Crippen MR) is 137 cm³/mol. The average molecular weight is 499 g/mol. The van der Waals surface area contributed by atoms with E-state index in [4.69, 9.17) is 4.52 Å². The third kappa shape index (κ3) is 4.77. The summed E-state index contributed by atoms with van der Waals surface area (Å²) in [5.74, 6) is -0.737. The Balaban J connectivity index is 1.31. The summed E-state index contributed by atoms with van der Waals surface area (Å²) in [7, 11) is 1.65. The highest BCUT2D eigenvalue weighted by Gasteiger charge is 2.51. The largest absolute Gasteiger partial charge is 0.481 e. The Labute approximate surface area is 214 Å². The van der Waals surface area contributed by atoms with Gasteiger partial charge in [0.1, 0.15) is 5.82 Å². The molecule has 1 saturated carbocycles. The van der Waals surface area contributed by atoms with Gasteiger partial charge >= 0.3 is 5.97 Å². The number of likely N-dealkylation sites (N-methyl/N-ethyl adjacent to an activating group) is 1. The highest BCUT2D eigenvalue weighted by Crippen LogP contribution is 2.48. The van der Waals surface area contributed by atoms with Gasteiger partial charge in [-0.3, -0.25) is 9.59 Å². The molecule has 0 bridgehead atoms. The van der Waals surface area contributed by atoms with Crippen LogP contribution in [0.15, 0.2) is 77.3 Å². The third-order valence-electron chi connectivity index (χ3n) is 7.18. The number of aromatic nitrogens is 1. The first-order valence-electron chi connectivity index (χ1n) is 12.2. The predicted octanol–water partition coefficient (Wildman–Crippen LogP) is 5.77. The molecule has 6 nitrogen and oxygen atoms in total. The molecule has 0 saturated heterocycles. The van der Waals surface area contributed by atoms with Crippen LogP contribution in [0.25, 0.3) is 22.5 Å². The van der Waals surface area contributed by atoms with E-state index in [2.05, 4.69) is 5.16 Å². The number of benzene rings is 3. The van der Waals surface area contributed by atoms with Gasteiger partial charge in [0.2, 0.25) is 5.91 Å². The molecule has 1 heterocycles. The van der Waals surface area contributed by atoms with Gasteiger partial charge in [-0.1, -0.05) is 71.9 Å². The van der Waals surface area contributed by atoms with Gasteiger partial charge in [0.05, 0.1) is 17.5 Å². The molecule has 0 unspecified atom stereocenters. The number of carboxylic acid groups (broad SMARTS) is 1. The molecule has 1 aliphatic carbocycles. The lowest BCUT2D eigenvalue weighted by molar-refractivity contribution is -0.140. The first-order valence-corrected chi connectivity index (χ1v) is 12.2. The van der Waals surface area contributed by atoms with Gasteiger partial charge in [-0.2, -0.15) is 0 Å². The zero-order valence-corrected chi connectivity index (χ0v) is 20.7. The molecule has 1 N–H and O–H groups in total. The van der Waals surface area contributed by atoms with E-state index >= 15 is 0 Å². The molecule has 7 heteroatoms. The van der Waals surface area contributed by atoms with Crippen LogP contribution in [0.4, 0.5) is 4.39 Å². The second kappa shape index (κ2) is 9.65. The Bertz CT molecular complexity index is 1450. The molecule has 0 atom stereocenters. The standard InChI is InChI=1S/C30H27FN2O4/c1-19-25(17-27(34)33(2)18-23-5-3-4-6-26(23)31)28(37-32-19)22-9-7-20(8-10-22)21-11-13-24(14-12-21)30(15-16-30)29(35)36/h3-14H,15-18H2,1-2H3,(H,35,36). The molecular weight excluding hydrogens is 471 g/mol. The Morgan fingerprint density at radius 3 is 2.16 bits per heavy atom. The summed E-state index contributed by atoms with van der Waals surface area (Å²) in [6.45, 7) is 1.97. The van der Waals surface area contributed by atoms with Gasteiger partial charge in [-0.25, -0.2) is 4.39 Å². The molecule has 1 amide bonds. The minimum absolute atomic E-state index is 0.0875. The number of aryl methyl sites for hydroxylation is 1.